The van der Waals surface area contributed by atoms with Crippen molar-refractivity contribution >= 4 is 11.3 Å². The number of hydrogen-bond acceptors (Lipinski definition) is 3. The average molecular weight is 342 g/mol. The first-order valence-electron chi connectivity index (χ1n) is 8.60. The molecule has 0 radical (unpaired) electrons. The second kappa shape index (κ2) is 9.64. The largest absolute Gasteiger partial charge is 0.394 e. The Bertz CT molecular complexity index is 664. The van der Waals surface area contributed by atoms with E-state index in [-0.39, 0.29) is 6.61 Å². The van der Waals surface area contributed by atoms with E-state index in [1.54, 1.807) is 11.3 Å². The van der Waals surface area contributed by atoms with Gasteiger partial charge in [-0.05, 0) is 56.7 Å². The minimum atomic E-state index is -0.491. The molecule has 2 nitrogen and oxygen atoms in total. The second-order valence-corrected chi connectivity index (χ2v) is 7.74. The Kier molecular flexibility index (Phi) is 7.52. The third-order valence-corrected chi connectivity index (χ3v) is 5.10. The molecule has 3 heteroatoms. The molecule has 0 amide bonds. The first kappa shape index (κ1) is 18.7. The van der Waals surface area contributed by atoms with Gasteiger partial charge in [0.2, 0.25) is 0 Å². The summed E-state index contributed by atoms with van der Waals surface area (Å²) in [5.41, 5.74) is 6.88. The lowest BCUT2D eigenvalue weighted by atomic mass is 9.98. The Labute approximate surface area is 149 Å². The highest BCUT2D eigenvalue weighted by atomic mass is 32.1. The summed E-state index contributed by atoms with van der Waals surface area (Å²) in [6, 6.07) is 14.8. The van der Waals surface area contributed by atoms with Crippen molar-refractivity contribution in [1.82, 2.24) is 0 Å². The van der Waals surface area contributed by atoms with Crippen molar-refractivity contribution in [3.63, 3.8) is 0 Å². The number of aliphatic hydroxyl groups is 1. The van der Waals surface area contributed by atoms with Crippen LogP contribution in [0.3, 0.4) is 0 Å². The van der Waals surface area contributed by atoms with E-state index in [1.807, 2.05) is 6.92 Å². The maximum Gasteiger partial charge on any atom is 0.0771 e. The monoisotopic (exact) mass is 341 g/mol. The first-order chi connectivity index (χ1) is 11.6. The highest BCUT2D eigenvalue weighted by molar-refractivity contribution is 7.12. The quantitative estimate of drug-likeness (QED) is 0.559. The smallest absolute Gasteiger partial charge is 0.0771 e. The highest BCUT2D eigenvalue weighted by Gasteiger charge is 2.16. The van der Waals surface area contributed by atoms with Crippen molar-refractivity contribution in [2.24, 2.45) is 5.73 Å². The number of unbranched alkanes of at least 4 members (excludes halogenated alkanes) is 2. The summed E-state index contributed by atoms with van der Waals surface area (Å²) in [5.74, 6) is 6.54. The summed E-state index contributed by atoms with van der Waals surface area (Å²) in [6.07, 6.45) is 6.10. The highest BCUT2D eigenvalue weighted by Crippen LogP contribution is 2.19. The molecule has 0 aliphatic carbocycles. The number of aliphatic hydroxyl groups excluding tert-OH is 1. The van der Waals surface area contributed by atoms with Crippen LogP contribution in [0.1, 0.15) is 47.9 Å². The maximum atomic E-state index is 9.19. The molecule has 1 unspecified atom stereocenters. The zero-order valence-corrected chi connectivity index (χ0v) is 15.2. The number of thiophene rings is 1. The van der Waals surface area contributed by atoms with Crippen LogP contribution in [0, 0.1) is 11.8 Å². The van der Waals surface area contributed by atoms with Crippen molar-refractivity contribution in [2.45, 2.75) is 51.0 Å². The summed E-state index contributed by atoms with van der Waals surface area (Å²) >= 11 is 1.73. The Morgan fingerprint density at radius 3 is 2.62 bits per heavy atom. The molecule has 1 aromatic heterocycles. The van der Waals surface area contributed by atoms with Gasteiger partial charge in [0, 0.05) is 16.8 Å². The molecule has 0 saturated heterocycles. The van der Waals surface area contributed by atoms with E-state index in [0.717, 1.165) is 37.0 Å². The molecular weight excluding hydrogens is 314 g/mol. The molecule has 24 heavy (non-hydrogen) atoms. The predicted octanol–water partition coefficient (Wildman–Crippen LogP) is 4.15. The van der Waals surface area contributed by atoms with Crippen LogP contribution in [0.4, 0.5) is 0 Å². The van der Waals surface area contributed by atoms with Gasteiger partial charge >= 0.3 is 0 Å². The van der Waals surface area contributed by atoms with E-state index in [4.69, 9.17) is 5.73 Å². The Morgan fingerprint density at radius 2 is 1.88 bits per heavy atom. The van der Waals surface area contributed by atoms with Gasteiger partial charge in [0.15, 0.2) is 0 Å². The van der Waals surface area contributed by atoms with Crippen molar-refractivity contribution in [3.8, 4) is 11.8 Å². The third kappa shape index (κ3) is 6.88. The second-order valence-electron chi connectivity index (χ2n) is 6.57. The normalized spacial score (nSPS) is 13.1. The van der Waals surface area contributed by atoms with Gasteiger partial charge in [-0.3, -0.25) is 0 Å². The zero-order chi connectivity index (χ0) is 17.3. The van der Waals surface area contributed by atoms with Crippen LogP contribution in [0.25, 0.3) is 0 Å². The number of benzene rings is 1. The molecule has 1 atom stereocenters. The van der Waals surface area contributed by atoms with Gasteiger partial charge in [-0.25, -0.2) is 0 Å². The molecule has 2 aromatic rings. The molecule has 0 fully saturated rings. The molecule has 0 spiro atoms. The van der Waals surface area contributed by atoms with Gasteiger partial charge in [-0.2, -0.15) is 0 Å². The van der Waals surface area contributed by atoms with Crippen LogP contribution in [0.15, 0.2) is 42.5 Å². The van der Waals surface area contributed by atoms with Crippen molar-refractivity contribution in [1.29, 1.82) is 0 Å². The maximum absolute atomic E-state index is 9.19. The lowest BCUT2D eigenvalue weighted by molar-refractivity contribution is 0.201. The topological polar surface area (TPSA) is 46.2 Å². The molecule has 0 aliphatic heterocycles. The van der Waals surface area contributed by atoms with Crippen molar-refractivity contribution < 1.29 is 5.11 Å². The Morgan fingerprint density at radius 1 is 1.08 bits per heavy atom. The standard InChI is InChI=1S/C21H27NOS/c1-21(22,17-23)16-15-20-14-13-19(24-20)12-8-3-2-5-9-18-10-6-4-7-11-18/h4,6-7,10-11,13-14,23H,2-3,5,9,15-17,22H2,1H3. The van der Waals surface area contributed by atoms with Gasteiger partial charge in [-0.15, -0.1) is 11.3 Å². The number of hydrogen-bond donors (Lipinski definition) is 2. The molecule has 1 heterocycles. The minimum absolute atomic E-state index is 0.0218. The lowest BCUT2D eigenvalue weighted by Crippen LogP contribution is -2.40. The summed E-state index contributed by atoms with van der Waals surface area (Å²) in [7, 11) is 0. The summed E-state index contributed by atoms with van der Waals surface area (Å²) in [5, 5.41) is 9.19. The van der Waals surface area contributed by atoms with Gasteiger partial charge in [0.25, 0.3) is 0 Å². The zero-order valence-electron chi connectivity index (χ0n) is 14.4. The SMILES string of the molecule is CC(N)(CO)CCc1ccc(C#CCCCCc2ccccc2)s1. The van der Waals surface area contributed by atoms with Crippen molar-refractivity contribution in [3.05, 3.63) is 57.8 Å². The van der Waals surface area contributed by atoms with Crippen LogP contribution >= 0.6 is 11.3 Å². The average Bonchev–Trinajstić information content (AvgIpc) is 3.05. The molecule has 3 N–H and O–H groups in total. The van der Waals surface area contributed by atoms with Gasteiger partial charge in [-0.1, -0.05) is 42.2 Å². The number of nitrogens with two attached hydrogens (primary N) is 1. The molecule has 0 saturated carbocycles. The molecule has 2 rings (SSSR count). The molecule has 1 aromatic carbocycles. The fraction of sp³-hybridized carbons (Fsp3) is 0.429. The van der Waals surface area contributed by atoms with Crippen LogP contribution in [-0.4, -0.2) is 17.3 Å². The van der Waals surface area contributed by atoms with E-state index in [9.17, 15) is 5.11 Å². The van der Waals surface area contributed by atoms with Gasteiger partial charge < -0.3 is 10.8 Å². The van der Waals surface area contributed by atoms with Crippen molar-refractivity contribution in [2.75, 3.05) is 6.61 Å². The minimum Gasteiger partial charge on any atom is -0.394 e. The Balaban J connectivity index is 1.68. The summed E-state index contributed by atoms with van der Waals surface area (Å²) < 4.78 is 0. The van der Waals surface area contributed by atoms with Gasteiger partial charge in [0.1, 0.15) is 0 Å². The molecule has 128 valence electrons. The van der Waals surface area contributed by atoms with E-state index in [1.165, 1.54) is 16.9 Å². The van der Waals surface area contributed by atoms with E-state index in [2.05, 4.69) is 54.3 Å². The van der Waals surface area contributed by atoms with Crippen LogP contribution in [-0.2, 0) is 12.8 Å². The summed E-state index contributed by atoms with van der Waals surface area (Å²) in [4.78, 5) is 2.41. The van der Waals surface area contributed by atoms with Crippen LogP contribution < -0.4 is 5.73 Å². The fourth-order valence-electron chi connectivity index (χ4n) is 2.40. The molecular formula is C21H27NOS. The third-order valence-electron chi connectivity index (χ3n) is 4.04. The van der Waals surface area contributed by atoms with E-state index in [0.29, 0.717) is 0 Å². The van der Waals surface area contributed by atoms with E-state index >= 15 is 0 Å². The lowest BCUT2D eigenvalue weighted by Gasteiger charge is -2.20. The summed E-state index contributed by atoms with van der Waals surface area (Å²) in [6.45, 7) is 1.91. The van der Waals surface area contributed by atoms with Gasteiger partial charge in [0.05, 0.1) is 11.5 Å². The van der Waals surface area contributed by atoms with E-state index < -0.39 is 5.54 Å². The Hall–Kier alpha value is -1.60. The van der Waals surface area contributed by atoms with Crippen LogP contribution in [0.2, 0.25) is 0 Å². The number of rotatable bonds is 8. The molecule has 0 bridgehead atoms. The number of aryl methyl sites for hydroxylation is 2. The first-order valence-corrected chi connectivity index (χ1v) is 9.42. The molecule has 0 aliphatic rings. The fourth-order valence-corrected chi connectivity index (χ4v) is 3.29. The predicted molar refractivity (Wildman–Crippen MR) is 103 cm³/mol. The van der Waals surface area contributed by atoms with Crippen LogP contribution in [0.5, 0.6) is 0 Å².